The van der Waals surface area contributed by atoms with Gasteiger partial charge in [0.05, 0.1) is 11.2 Å². The zero-order valence-electron chi connectivity index (χ0n) is 11.0. The van der Waals surface area contributed by atoms with Crippen LogP contribution in [0, 0.1) is 5.41 Å². The molecule has 90 valence electrons. The lowest BCUT2D eigenvalue weighted by molar-refractivity contribution is -0.154. The molecule has 0 bridgehead atoms. The molecule has 1 heterocycles. The molecule has 1 aliphatic carbocycles. The molecule has 2 rings (SSSR count). The summed E-state index contributed by atoms with van der Waals surface area (Å²) in [6.45, 7) is 10.6. The van der Waals surface area contributed by atoms with Gasteiger partial charge >= 0.3 is 0 Å². The third-order valence-electron chi connectivity index (χ3n) is 3.77. The van der Waals surface area contributed by atoms with E-state index < -0.39 is 0 Å². The second-order valence-electron chi connectivity index (χ2n) is 6.69. The van der Waals surface area contributed by atoms with Gasteiger partial charge in [0.25, 0.3) is 0 Å². The van der Waals surface area contributed by atoms with Crippen molar-refractivity contribution in [2.75, 3.05) is 0 Å². The monoisotopic (exact) mass is 222 g/mol. The maximum absolute atomic E-state index is 11.8. The van der Waals surface area contributed by atoms with Gasteiger partial charge in [-0.05, 0) is 38.2 Å². The normalized spacial score (nSPS) is 36.6. The number of ether oxygens (including phenoxy) is 1. The third-order valence-corrected chi connectivity index (χ3v) is 3.77. The molecule has 1 unspecified atom stereocenters. The first-order valence-corrected chi connectivity index (χ1v) is 6.08. The van der Waals surface area contributed by atoms with Crippen LogP contribution in [0.5, 0.6) is 0 Å². The van der Waals surface area contributed by atoms with Gasteiger partial charge in [-0.2, -0.15) is 0 Å². The number of ketones is 1. The third kappa shape index (κ3) is 1.84. The largest absolute Gasteiger partial charge is 0.364 e. The van der Waals surface area contributed by atoms with E-state index in [1.165, 1.54) is 5.57 Å². The molecule has 2 aliphatic rings. The highest BCUT2D eigenvalue weighted by Crippen LogP contribution is 2.50. The number of Topliss-reactive ketones (excluding diaryl/α,β-unsaturated/α-hetero) is 1. The van der Waals surface area contributed by atoms with E-state index in [0.717, 1.165) is 6.42 Å². The van der Waals surface area contributed by atoms with E-state index in [1.54, 1.807) is 0 Å². The van der Waals surface area contributed by atoms with Gasteiger partial charge in [-0.25, -0.2) is 0 Å². The van der Waals surface area contributed by atoms with Crippen molar-refractivity contribution in [1.82, 2.24) is 0 Å². The second-order valence-corrected chi connectivity index (χ2v) is 6.69. The number of carbonyl (C=O) groups is 1. The quantitative estimate of drug-likeness (QED) is 0.588. The minimum atomic E-state index is -0.374. The zero-order chi connectivity index (χ0) is 12.2. The zero-order valence-corrected chi connectivity index (χ0v) is 11.0. The van der Waals surface area contributed by atoms with Gasteiger partial charge in [-0.3, -0.25) is 4.79 Å². The summed E-state index contributed by atoms with van der Waals surface area (Å²) in [6, 6.07) is 0. The summed E-state index contributed by atoms with van der Waals surface area (Å²) in [5, 5.41) is 0. The first-order valence-electron chi connectivity index (χ1n) is 6.08. The Morgan fingerprint density at radius 1 is 1.12 bits per heavy atom. The summed E-state index contributed by atoms with van der Waals surface area (Å²) in [6.07, 6.45) is 4.43. The predicted octanol–water partition coefficient (Wildman–Crippen LogP) is 3.26. The van der Waals surface area contributed by atoms with E-state index >= 15 is 0 Å². The molecule has 16 heavy (non-hydrogen) atoms. The first-order chi connectivity index (χ1) is 7.15. The van der Waals surface area contributed by atoms with Crippen LogP contribution >= 0.6 is 0 Å². The van der Waals surface area contributed by atoms with Crippen LogP contribution in [0.2, 0.25) is 0 Å². The van der Waals surface area contributed by atoms with Gasteiger partial charge in [-0.15, -0.1) is 0 Å². The molecule has 1 aliphatic heterocycles. The van der Waals surface area contributed by atoms with Gasteiger partial charge in [0, 0.05) is 12.8 Å². The van der Waals surface area contributed by atoms with Crippen molar-refractivity contribution < 1.29 is 9.53 Å². The summed E-state index contributed by atoms with van der Waals surface area (Å²) >= 11 is 0. The molecule has 0 radical (unpaired) electrons. The molecule has 1 atom stereocenters. The lowest BCUT2D eigenvalue weighted by Crippen LogP contribution is -2.52. The van der Waals surface area contributed by atoms with E-state index in [-0.39, 0.29) is 16.6 Å². The topological polar surface area (TPSA) is 26.3 Å². The Balaban J connectivity index is 2.45. The van der Waals surface area contributed by atoms with Crippen molar-refractivity contribution >= 4 is 5.78 Å². The van der Waals surface area contributed by atoms with Crippen LogP contribution < -0.4 is 0 Å². The molecule has 0 aromatic rings. The van der Waals surface area contributed by atoms with Gasteiger partial charge in [0.15, 0.2) is 0 Å². The van der Waals surface area contributed by atoms with E-state index in [2.05, 4.69) is 40.7 Å². The number of fused-ring (bicyclic) bond motifs is 1. The van der Waals surface area contributed by atoms with Crippen LogP contribution in [0.4, 0.5) is 0 Å². The molecule has 0 saturated heterocycles. The van der Waals surface area contributed by atoms with Crippen molar-refractivity contribution in [2.45, 2.75) is 65.1 Å². The molecule has 0 aromatic carbocycles. The van der Waals surface area contributed by atoms with Gasteiger partial charge in [0.2, 0.25) is 0 Å². The Kier molecular flexibility index (Phi) is 2.36. The molecule has 0 spiro atoms. The number of rotatable bonds is 0. The van der Waals surface area contributed by atoms with Gasteiger partial charge in [-0.1, -0.05) is 19.9 Å². The number of hydrogen-bond acceptors (Lipinski definition) is 2. The van der Waals surface area contributed by atoms with Crippen LogP contribution in [0.3, 0.4) is 0 Å². The number of hydrogen-bond donors (Lipinski definition) is 0. The van der Waals surface area contributed by atoms with E-state index in [4.69, 9.17) is 4.74 Å². The highest BCUT2D eigenvalue weighted by Gasteiger charge is 2.50. The summed E-state index contributed by atoms with van der Waals surface area (Å²) < 4.78 is 6.18. The average Bonchev–Trinajstić information content (AvgIpc) is 1.95. The van der Waals surface area contributed by atoms with Crippen LogP contribution in [-0.4, -0.2) is 17.0 Å². The summed E-state index contributed by atoms with van der Waals surface area (Å²) in [5.74, 6) is 0.322. The molecule has 0 amide bonds. The van der Waals surface area contributed by atoms with Crippen molar-refractivity contribution in [2.24, 2.45) is 5.41 Å². The predicted molar refractivity (Wildman–Crippen MR) is 64.3 cm³/mol. The van der Waals surface area contributed by atoms with E-state index in [0.29, 0.717) is 18.6 Å². The minimum absolute atomic E-state index is 0.0411. The lowest BCUT2D eigenvalue weighted by Gasteiger charge is -2.51. The Bertz CT molecular complexity index is 363. The van der Waals surface area contributed by atoms with Crippen molar-refractivity contribution in [3.8, 4) is 0 Å². The molecule has 2 heteroatoms. The molecular formula is C14H22O2. The Morgan fingerprint density at radius 2 is 1.75 bits per heavy atom. The van der Waals surface area contributed by atoms with Crippen LogP contribution in [0.15, 0.2) is 11.6 Å². The Labute approximate surface area is 98.1 Å². The standard InChI is InChI=1S/C14H22O2/c1-12(2)8-10(15)9-14(5)11(12)6-7-13(3,4)16-14/h6H,7-9H2,1-5H3. The van der Waals surface area contributed by atoms with Gasteiger partial charge in [0.1, 0.15) is 5.78 Å². The fourth-order valence-electron chi connectivity index (χ4n) is 3.42. The fraction of sp³-hybridized carbons (Fsp3) is 0.786. The maximum atomic E-state index is 11.8. The second kappa shape index (κ2) is 3.19. The van der Waals surface area contributed by atoms with Crippen LogP contribution in [-0.2, 0) is 9.53 Å². The van der Waals surface area contributed by atoms with Crippen molar-refractivity contribution in [1.29, 1.82) is 0 Å². The van der Waals surface area contributed by atoms with Crippen molar-refractivity contribution in [3.05, 3.63) is 11.6 Å². The molecule has 1 saturated carbocycles. The highest BCUT2D eigenvalue weighted by atomic mass is 16.5. The molecule has 2 nitrogen and oxygen atoms in total. The maximum Gasteiger partial charge on any atom is 0.136 e. The molecule has 1 fully saturated rings. The Morgan fingerprint density at radius 3 is 2.38 bits per heavy atom. The van der Waals surface area contributed by atoms with Crippen LogP contribution in [0.1, 0.15) is 53.9 Å². The lowest BCUT2D eigenvalue weighted by atomic mass is 9.64. The smallest absolute Gasteiger partial charge is 0.136 e. The molecule has 0 N–H and O–H groups in total. The summed E-state index contributed by atoms with van der Waals surface area (Å²) in [7, 11) is 0. The molecule has 0 aromatic heterocycles. The Hall–Kier alpha value is -0.630. The number of carbonyl (C=O) groups excluding carboxylic acids is 1. The van der Waals surface area contributed by atoms with Gasteiger partial charge < -0.3 is 4.74 Å². The fourth-order valence-corrected chi connectivity index (χ4v) is 3.42. The first kappa shape index (κ1) is 11.8. The highest BCUT2D eigenvalue weighted by molar-refractivity contribution is 5.83. The minimum Gasteiger partial charge on any atom is -0.364 e. The summed E-state index contributed by atoms with van der Waals surface area (Å²) in [4.78, 5) is 11.8. The molecular weight excluding hydrogens is 200 g/mol. The summed E-state index contributed by atoms with van der Waals surface area (Å²) in [5.41, 5.74) is 0.756. The van der Waals surface area contributed by atoms with E-state index in [1.807, 2.05) is 0 Å². The SMILES string of the molecule is CC1(C)CC=C2C(C)(C)CC(=O)CC2(C)O1. The average molecular weight is 222 g/mol. The van der Waals surface area contributed by atoms with E-state index in [9.17, 15) is 4.79 Å². The van der Waals surface area contributed by atoms with Crippen molar-refractivity contribution in [3.63, 3.8) is 0 Å². The van der Waals surface area contributed by atoms with Crippen LogP contribution in [0.25, 0.3) is 0 Å².